The molecular weight excluding hydrogens is 256 g/mol. The quantitative estimate of drug-likeness (QED) is 0.626. The Hall–Kier alpha value is -2.54. The highest BCUT2D eigenvalue weighted by Crippen LogP contribution is 2.27. The van der Waals surface area contributed by atoms with Gasteiger partial charge in [-0.3, -0.25) is 0 Å². The van der Waals surface area contributed by atoms with Crippen LogP contribution in [0.1, 0.15) is 5.56 Å². The lowest BCUT2D eigenvalue weighted by atomic mass is 10.00. The average Bonchev–Trinajstić information content (AvgIpc) is 2.56. The Labute approximate surface area is 125 Å². The summed E-state index contributed by atoms with van der Waals surface area (Å²) < 4.78 is 5.28. The van der Waals surface area contributed by atoms with E-state index >= 15 is 0 Å². The predicted molar refractivity (Wildman–Crippen MR) is 88.6 cm³/mol. The first-order chi connectivity index (χ1) is 10.3. The minimum absolute atomic E-state index is 0.884. The van der Waals surface area contributed by atoms with Crippen molar-refractivity contribution in [2.45, 2.75) is 6.92 Å². The maximum Gasteiger partial charge on any atom is 0.119 e. The summed E-state index contributed by atoms with van der Waals surface area (Å²) >= 11 is 0. The van der Waals surface area contributed by atoms with Gasteiger partial charge < -0.3 is 4.74 Å². The molecule has 0 fully saturated rings. The van der Waals surface area contributed by atoms with Gasteiger partial charge >= 0.3 is 0 Å². The first kappa shape index (κ1) is 13.4. The van der Waals surface area contributed by atoms with Crippen molar-refractivity contribution in [3.63, 3.8) is 0 Å². The molecule has 21 heavy (non-hydrogen) atoms. The molecule has 104 valence electrons. The monoisotopic (exact) mass is 274 g/mol. The van der Waals surface area contributed by atoms with E-state index in [0.717, 1.165) is 5.75 Å². The Bertz CT molecular complexity index is 725. The molecule has 0 amide bonds. The van der Waals surface area contributed by atoms with Gasteiger partial charge in [-0.15, -0.1) is 0 Å². The van der Waals surface area contributed by atoms with E-state index in [0.29, 0.717) is 0 Å². The predicted octanol–water partition coefficient (Wildman–Crippen LogP) is 5.34. The van der Waals surface area contributed by atoms with Crippen LogP contribution in [0.25, 0.3) is 22.3 Å². The SMILES string of the molecule is COc1cccc(-c2ccc(-c3ccc(C)cc3)cc2)c1. The summed E-state index contributed by atoms with van der Waals surface area (Å²) in [5.41, 5.74) is 6.14. The van der Waals surface area contributed by atoms with Crippen molar-refractivity contribution in [1.82, 2.24) is 0 Å². The lowest BCUT2D eigenvalue weighted by molar-refractivity contribution is 0.415. The standard InChI is InChI=1S/C20H18O/c1-15-6-8-16(9-7-15)17-10-12-18(13-11-17)19-4-3-5-20(14-19)21-2/h3-14H,1-2H3. The Kier molecular flexibility index (Phi) is 3.74. The maximum absolute atomic E-state index is 5.28. The van der Waals surface area contributed by atoms with Crippen molar-refractivity contribution in [1.29, 1.82) is 0 Å². The third kappa shape index (κ3) is 2.97. The van der Waals surface area contributed by atoms with E-state index in [-0.39, 0.29) is 0 Å². The normalized spacial score (nSPS) is 10.4. The van der Waals surface area contributed by atoms with Crippen LogP contribution in [0.3, 0.4) is 0 Å². The van der Waals surface area contributed by atoms with Gasteiger partial charge in [0, 0.05) is 0 Å². The molecule has 0 aliphatic heterocycles. The zero-order valence-electron chi connectivity index (χ0n) is 12.3. The molecule has 3 aromatic carbocycles. The van der Waals surface area contributed by atoms with E-state index in [1.54, 1.807) is 7.11 Å². The van der Waals surface area contributed by atoms with Gasteiger partial charge in [-0.2, -0.15) is 0 Å². The lowest BCUT2D eigenvalue weighted by Crippen LogP contribution is -1.84. The molecule has 0 aromatic heterocycles. The number of ether oxygens (including phenoxy) is 1. The van der Waals surface area contributed by atoms with Crippen LogP contribution in [-0.4, -0.2) is 7.11 Å². The lowest BCUT2D eigenvalue weighted by Gasteiger charge is -2.07. The Morgan fingerprint density at radius 1 is 0.619 bits per heavy atom. The van der Waals surface area contributed by atoms with E-state index in [2.05, 4.69) is 67.6 Å². The zero-order valence-corrected chi connectivity index (χ0v) is 12.3. The molecule has 0 aliphatic carbocycles. The maximum atomic E-state index is 5.28. The second kappa shape index (κ2) is 5.84. The average molecular weight is 274 g/mol. The summed E-state index contributed by atoms with van der Waals surface area (Å²) in [4.78, 5) is 0. The molecule has 1 heteroatoms. The number of rotatable bonds is 3. The second-order valence-corrected chi connectivity index (χ2v) is 5.18. The van der Waals surface area contributed by atoms with Gasteiger partial charge in [-0.1, -0.05) is 66.2 Å². The molecule has 0 bridgehead atoms. The number of aryl methyl sites for hydroxylation is 1. The molecule has 0 spiro atoms. The molecule has 0 aliphatic rings. The zero-order chi connectivity index (χ0) is 14.7. The van der Waals surface area contributed by atoms with Gasteiger partial charge in [-0.05, 0) is 41.3 Å². The van der Waals surface area contributed by atoms with Crippen LogP contribution in [0.2, 0.25) is 0 Å². The van der Waals surface area contributed by atoms with Crippen molar-refractivity contribution < 1.29 is 4.74 Å². The molecule has 0 unspecified atom stereocenters. The van der Waals surface area contributed by atoms with Crippen LogP contribution in [0.5, 0.6) is 5.75 Å². The van der Waals surface area contributed by atoms with Gasteiger partial charge in [-0.25, -0.2) is 0 Å². The third-order valence-electron chi connectivity index (χ3n) is 3.67. The fourth-order valence-corrected chi connectivity index (χ4v) is 2.40. The second-order valence-electron chi connectivity index (χ2n) is 5.18. The molecule has 3 rings (SSSR count). The van der Waals surface area contributed by atoms with Crippen LogP contribution in [-0.2, 0) is 0 Å². The largest absolute Gasteiger partial charge is 0.497 e. The fourth-order valence-electron chi connectivity index (χ4n) is 2.40. The molecule has 0 saturated heterocycles. The van der Waals surface area contributed by atoms with E-state index in [4.69, 9.17) is 4.74 Å². The number of methoxy groups -OCH3 is 1. The summed E-state index contributed by atoms with van der Waals surface area (Å²) in [5, 5.41) is 0. The van der Waals surface area contributed by atoms with Gasteiger partial charge in [0.2, 0.25) is 0 Å². The van der Waals surface area contributed by atoms with E-state index in [9.17, 15) is 0 Å². The van der Waals surface area contributed by atoms with Crippen LogP contribution in [0, 0.1) is 6.92 Å². The molecule has 0 radical (unpaired) electrons. The van der Waals surface area contributed by atoms with Gasteiger partial charge in [0.25, 0.3) is 0 Å². The molecule has 0 atom stereocenters. The third-order valence-corrected chi connectivity index (χ3v) is 3.67. The van der Waals surface area contributed by atoms with Gasteiger partial charge in [0.05, 0.1) is 7.11 Å². The first-order valence-electron chi connectivity index (χ1n) is 7.08. The molecule has 3 aromatic rings. The molecule has 0 heterocycles. The molecular formula is C20H18O. The Balaban J connectivity index is 1.91. The highest BCUT2D eigenvalue weighted by Gasteiger charge is 2.01. The Morgan fingerprint density at radius 2 is 1.14 bits per heavy atom. The molecule has 1 nitrogen and oxygen atoms in total. The van der Waals surface area contributed by atoms with Crippen molar-refractivity contribution in [3.8, 4) is 28.0 Å². The highest BCUT2D eigenvalue weighted by molar-refractivity contribution is 5.71. The number of hydrogen-bond acceptors (Lipinski definition) is 1. The van der Waals surface area contributed by atoms with E-state index < -0.39 is 0 Å². The van der Waals surface area contributed by atoms with Crippen molar-refractivity contribution in [3.05, 3.63) is 78.4 Å². The topological polar surface area (TPSA) is 9.23 Å². The van der Waals surface area contributed by atoms with Crippen LogP contribution in [0.4, 0.5) is 0 Å². The minimum Gasteiger partial charge on any atom is -0.497 e. The summed E-state index contributed by atoms with van der Waals surface area (Å²) in [6.07, 6.45) is 0. The van der Waals surface area contributed by atoms with E-state index in [1.165, 1.54) is 27.8 Å². The van der Waals surface area contributed by atoms with Crippen LogP contribution >= 0.6 is 0 Å². The van der Waals surface area contributed by atoms with Gasteiger partial charge in [0.1, 0.15) is 5.75 Å². The van der Waals surface area contributed by atoms with E-state index in [1.807, 2.05) is 12.1 Å². The molecule has 0 saturated carbocycles. The number of hydrogen-bond donors (Lipinski definition) is 0. The summed E-state index contributed by atoms with van der Waals surface area (Å²) in [6.45, 7) is 2.11. The summed E-state index contributed by atoms with van der Waals surface area (Å²) in [6, 6.07) is 25.4. The first-order valence-corrected chi connectivity index (χ1v) is 7.08. The smallest absolute Gasteiger partial charge is 0.119 e. The number of benzene rings is 3. The highest BCUT2D eigenvalue weighted by atomic mass is 16.5. The van der Waals surface area contributed by atoms with Crippen LogP contribution in [0.15, 0.2) is 72.8 Å². The van der Waals surface area contributed by atoms with Crippen molar-refractivity contribution >= 4 is 0 Å². The van der Waals surface area contributed by atoms with Crippen molar-refractivity contribution in [2.24, 2.45) is 0 Å². The Morgan fingerprint density at radius 3 is 1.71 bits per heavy atom. The van der Waals surface area contributed by atoms with Crippen molar-refractivity contribution in [2.75, 3.05) is 7.11 Å². The summed E-state index contributed by atoms with van der Waals surface area (Å²) in [7, 11) is 1.69. The van der Waals surface area contributed by atoms with Gasteiger partial charge in [0.15, 0.2) is 0 Å². The summed E-state index contributed by atoms with van der Waals surface area (Å²) in [5.74, 6) is 0.884. The van der Waals surface area contributed by atoms with Crippen LogP contribution < -0.4 is 4.74 Å². The minimum atomic E-state index is 0.884. The molecule has 0 N–H and O–H groups in total. The fraction of sp³-hybridized carbons (Fsp3) is 0.100.